The lowest BCUT2D eigenvalue weighted by atomic mass is 10.1. The summed E-state index contributed by atoms with van der Waals surface area (Å²) >= 11 is 0. The molecule has 2 nitrogen and oxygen atoms in total. The zero-order valence-electron chi connectivity index (χ0n) is 9.22. The van der Waals surface area contributed by atoms with E-state index in [1.165, 1.54) is 38.5 Å². The van der Waals surface area contributed by atoms with E-state index in [4.69, 9.17) is 10.5 Å². The molecule has 1 atom stereocenters. The van der Waals surface area contributed by atoms with Crippen LogP contribution in [0.1, 0.15) is 58.8 Å². The topological polar surface area (TPSA) is 35.2 Å². The van der Waals surface area contributed by atoms with Gasteiger partial charge in [-0.1, -0.05) is 45.4 Å². The molecule has 0 amide bonds. The molecule has 0 aromatic heterocycles. The van der Waals surface area contributed by atoms with Crippen molar-refractivity contribution in [3.8, 4) is 0 Å². The third-order valence-corrected chi connectivity index (χ3v) is 2.13. The molecule has 0 aromatic carbocycles. The summed E-state index contributed by atoms with van der Waals surface area (Å²) in [4.78, 5) is 0. The average Bonchev–Trinajstić information content (AvgIpc) is 2.09. The van der Waals surface area contributed by atoms with E-state index in [-0.39, 0.29) is 6.23 Å². The summed E-state index contributed by atoms with van der Waals surface area (Å²) < 4.78 is 5.25. The Morgan fingerprint density at radius 3 is 2.08 bits per heavy atom. The van der Waals surface area contributed by atoms with Crippen molar-refractivity contribution in [1.82, 2.24) is 0 Å². The minimum absolute atomic E-state index is 0.0971. The number of hydrogen-bond donors (Lipinski definition) is 1. The standard InChI is InChI=1S/C11H25NO/c1-3-4-5-6-7-8-9-10-13-11(2)12/h11H,3-10,12H2,1-2H3. The Kier molecular flexibility index (Phi) is 9.94. The largest absolute Gasteiger partial charge is 0.364 e. The third kappa shape index (κ3) is 11.9. The van der Waals surface area contributed by atoms with E-state index in [1.807, 2.05) is 6.92 Å². The Morgan fingerprint density at radius 2 is 1.54 bits per heavy atom. The van der Waals surface area contributed by atoms with Crippen LogP contribution in [0.25, 0.3) is 0 Å². The van der Waals surface area contributed by atoms with Gasteiger partial charge in [-0.15, -0.1) is 0 Å². The lowest BCUT2D eigenvalue weighted by molar-refractivity contribution is 0.0676. The van der Waals surface area contributed by atoms with Crippen LogP contribution in [-0.4, -0.2) is 12.8 Å². The molecular formula is C11H25NO. The SMILES string of the molecule is CCCCCCCCCOC(C)N. The van der Waals surface area contributed by atoms with Gasteiger partial charge in [0.2, 0.25) is 0 Å². The highest BCUT2D eigenvalue weighted by atomic mass is 16.5. The predicted molar refractivity (Wildman–Crippen MR) is 57.6 cm³/mol. The van der Waals surface area contributed by atoms with Gasteiger partial charge in [-0.2, -0.15) is 0 Å². The van der Waals surface area contributed by atoms with Gasteiger partial charge in [-0.05, 0) is 13.3 Å². The van der Waals surface area contributed by atoms with Gasteiger partial charge in [0, 0.05) is 6.61 Å². The molecule has 0 saturated carbocycles. The average molecular weight is 187 g/mol. The molecule has 80 valence electrons. The number of hydrogen-bond acceptors (Lipinski definition) is 2. The van der Waals surface area contributed by atoms with Gasteiger partial charge >= 0.3 is 0 Å². The van der Waals surface area contributed by atoms with Crippen LogP contribution in [0.5, 0.6) is 0 Å². The summed E-state index contributed by atoms with van der Waals surface area (Å²) in [5.41, 5.74) is 5.45. The maximum absolute atomic E-state index is 5.45. The lowest BCUT2D eigenvalue weighted by Gasteiger charge is -2.06. The van der Waals surface area contributed by atoms with Crippen molar-refractivity contribution in [2.75, 3.05) is 6.61 Å². The summed E-state index contributed by atoms with van der Waals surface area (Å²) in [6, 6.07) is 0. The van der Waals surface area contributed by atoms with Crippen molar-refractivity contribution in [3.63, 3.8) is 0 Å². The normalized spacial score (nSPS) is 13.2. The Labute approximate surface area is 82.8 Å². The lowest BCUT2D eigenvalue weighted by Crippen LogP contribution is -2.19. The Bertz CT molecular complexity index is 94.1. The van der Waals surface area contributed by atoms with E-state index in [0.29, 0.717) is 0 Å². The highest BCUT2D eigenvalue weighted by Gasteiger charge is 1.93. The van der Waals surface area contributed by atoms with Crippen molar-refractivity contribution < 1.29 is 4.74 Å². The van der Waals surface area contributed by atoms with Gasteiger partial charge in [-0.25, -0.2) is 0 Å². The van der Waals surface area contributed by atoms with Gasteiger partial charge in [0.15, 0.2) is 0 Å². The first-order valence-corrected chi connectivity index (χ1v) is 5.64. The molecule has 2 N–H and O–H groups in total. The number of nitrogens with two attached hydrogens (primary N) is 1. The molecule has 13 heavy (non-hydrogen) atoms. The monoisotopic (exact) mass is 187 g/mol. The fourth-order valence-electron chi connectivity index (χ4n) is 1.33. The van der Waals surface area contributed by atoms with Crippen LogP contribution in [0.2, 0.25) is 0 Å². The summed E-state index contributed by atoms with van der Waals surface area (Å²) in [5, 5.41) is 0. The fourth-order valence-corrected chi connectivity index (χ4v) is 1.33. The molecule has 0 aliphatic rings. The van der Waals surface area contributed by atoms with E-state index in [2.05, 4.69) is 6.92 Å². The highest BCUT2D eigenvalue weighted by molar-refractivity contribution is 4.45. The van der Waals surface area contributed by atoms with E-state index < -0.39 is 0 Å². The molecule has 0 radical (unpaired) electrons. The molecule has 0 spiro atoms. The van der Waals surface area contributed by atoms with Crippen LogP contribution in [0.3, 0.4) is 0 Å². The van der Waals surface area contributed by atoms with Crippen molar-refractivity contribution in [1.29, 1.82) is 0 Å². The summed E-state index contributed by atoms with van der Waals surface area (Å²) in [7, 11) is 0. The van der Waals surface area contributed by atoms with Crippen molar-refractivity contribution in [2.45, 2.75) is 65.0 Å². The quantitative estimate of drug-likeness (QED) is 0.445. The maximum Gasteiger partial charge on any atom is 0.102 e. The zero-order chi connectivity index (χ0) is 9.94. The van der Waals surface area contributed by atoms with Crippen LogP contribution in [0.15, 0.2) is 0 Å². The molecule has 0 rings (SSSR count). The van der Waals surface area contributed by atoms with Gasteiger partial charge in [0.1, 0.15) is 6.23 Å². The van der Waals surface area contributed by atoms with Gasteiger partial charge in [0.05, 0.1) is 0 Å². The Balaban J connectivity index is 2.84. The van der Waals surface area contributed by atoms with Crippen molar-refractivity contribution >= 4 is 0 Å². The minimum Gasteiger partial charge on any atom is -0.364 e. The van der Waals surface area contributed by atoms with Crippen LogP contribution < -0.4 is 5.73 Å². The highest BCUT2D eigenvalue weighted by Crippen LogP contribution is 2.06. The van der Waals surface area contributed by atoms with E-state index in [0.717, 1.165) is 13.0 Å². The van der Waals surface area contributed by atoms with Crippen LogP contribution in [0.4, 0.5) is 0 Å². The van der Waals surface area contributed by atoms with E-state index in [9.17, 15) is 0 Å². The summed E-state index contributed by atoms with van der Waals surface area (Å²) in [5.74, 6) is 0. The van der Waals surface area contributed by atoms with E-state index in [1.54, 1.807) is 0 Å². The molecule has 0 fully saturated rings. The molecule has 0 saturated heterocycles. The van der Waals surface area contributed by atoms with E-state index >= 15 is 0 Å². The second kappa shape index (κ2) is 10.0. The fraction of sp³-hybridized carbons (Fsp3) is 1.00. The first kappa shape index (κ1) is 12.9. The zero-order valence-corrected chi connectivity index (χ0v) is 9.22. The first-order chi connectivity index (χ1) is 6.27. The molecule has 0 aromatic rings. The van der Waals surface area contributed by atoms with Gasteiger partial charge in [-0.3, -0.25) is 0 Å². The van der Waals surface area contributed by atoms with Crippen LogP contribution in [-0.2, 0) is 4.74 Å². The van der Waals surface area contributed by atoms with Gasteiger partial charge in [0.25, 0.3) is 0 Å². The second-order valence-corrected chi connectivity index (χ2v) is 3.70. The third-order valence-electron chi connectivity index (χ3n) is 2.13. The van der Waals surface area contributed by atoms with Crippen molar-refractivity contribution in [2.24, 2.45) is 5.73 Å². The minimum atomic E-state index is -0.0971. The molecule has 2 heteroatoms. The number of unbranched alkanes of at least 4 members (excludes halogenated alkanes) is 6. The van der Waals surface area contributed by atoms with Crippen LogP contribution >= 0.6 is 0 Å². The first-order valence-electron chi connectivity index (χ1n) is 5.64. The Morgan fingerprint density at radius 1 is 1.00 bits per heavy atom. The smallest absolute Gasteiger partial charge is 0.102 e. The Hall–Kier alpha value is -0.0800. The maximum atomic E-state index is 5.45. The molecule has 0 aliphatic heterocycles. The van der Waals surface area contributed by atoms with Gasteiger partial charge < -0.3 is 10.5 Å². The second-order valence-electron chi connectivity index (χ2n) is 3.70. The number of rotatable bonds is 9. The molecule has 0 heterocycles. The summed E-state index contributed by atoms with van der Waals surface area (Å²) in [6.07, 6.45) is 9.19. The molecule has 1 unspecified atom stereocenters. The number of ether oxygens (including phenoxy) is 1. The summed E-state index contributed by atoms with van der Waals surface area (Å²) in [6.45, 7) is 4.95. The molecule has 0 aliphatic carbocycles. The predicted octanol–water partition coefficient (Wildman–Crippen LogP) is 3.06. The van der Waals surface area contributed by atoms with Crippen LogP contribution in [0, 0.1) is 0 Å². The molecular weight excluding hydrogens is 162 g/mol. The molecule has 0 bridgehead atoms. The van der Waals surface area contributed by atoms with Crippen molar-refractivity contribution in [3.05, 3.63) is 0 Å².